The molecule has 0 spiro atoms. The molecule has 0 saturated carbocycles. The molecule has 0 unspecified atom stereocenters. The summed E-state index contributed by atoms with van der Waals surface area (Å²) in [5.41, 5.74) is 3.63. The molecule has 168 valence electrons. The molecule has 0 radical (unpaired) electrons. The molecule has 0 atom stereocenters. The Kier molecular flexibility index (Phi) is 5.52. The molecule has 0 saturated heterocycles. The van der Waals surface area contributed by atoms with Gasteiger partial charge in [-0.25, -0.2) is 4.79 Å². The van der Waals surface area contributed by atoms with Gasteiger partial charge in [-0.05, 0) is 36.2 Å². The summed E-state index contributed by atoms with van der Waals surface area (Å²) in [6.07, 6.45) is 0. The van der Waals surface area contributed by atoms with Gasteiger partial charge in [-0.2, -0.15) is 0 Å². The third-order valence-corrected chi connectivity index (χ3v) is 5.46. The number of hydrogen-bond donors (Lipinski definition) is 1. The first-order chi connectivity index (χ1) is 16.2. The monoisotopic (exact) mass is 445 g/mol. The van der Waals surface area contributed by atoms with Gasteiger partial charge in [-0.3, -0.25) is 0 Å². The van der Waals surface area contributed by atoms with E-state index in [1.807, 2.05) is 60.7 Å². The van der Waals surface area contributed by atoms with Crippen LogP contribution >= 0.6 is 0 Å². The maximum atomic E-state index is 12.8. The summed E-state index contributed by atoms with van der Waals surface area (Å²) >= 11 is 0. The quantitative estimate of drug-likeness (QED) is 0.388. The van der Waals surface area contributed by atoms with Crippen LogP contribution in [0.4, 0.5) is 0 Å². The zero-order valence-electron chi connectivity index (χ0n) is 18.3. The first-order valence-electron chi connectivity index (χ1n) is 10.7. The number of aromatic amines is 1. The summed E-state index contributed by atoms with van der Waals surface area (Å²) in [4.78, 5) is 16.0. The number of esters is 1. The lowest BCUT2D eigenvalue weighted by Crippen LogP contribution is -2.06. The Hall–Kier alpha value is -4.13. The minimum atomic E-state index is -0.438. The van der Waals surface area contributed by atoms with Crippen molar-refractivity contribution < 1.29 is 28.5 Å². The fourth-order valence-corrected chi connectivity index (χ4v) is 3.92. The van der Waals surface area contributed by atoms with Crippen LogP contribution < -0.4 is 18.9 Å². The number of hydrogen-bond acceptors (Lipinski definition) is 6. The molecule has 0 aliphatic carbocycles. The van der Waals surface area contributed by atoms with Crippen molar-refractivity contribution in [3.63, 3.8) is 0 Å². The number of nitrogens with one attached hydrogen (secondary N) is 1. The number of carbonyl (C=O) groups is 1. The predicted octanol–water partition coefficient (Wildman–Crippen LogP) is 5.33. The molecule has 1 aliphatic heterocycles. The van der Waals surface area contributed by atoms with Crippen LogP contribution in [-0.4, -0.2) is 31.5 Å². The lowest BCUT2D eigenvalue weighted by atomic mass is 10.0. The molecule has 2 heterocycles. The molecule has 0 amide bonds. The average molecular weight is 445 g/mol. The summed E-state index contributed by atoms with van der Waals surface area (Å²) < 4.78 is 28.0. The summed E-state index contributed by atoms with van der Waals surface area (Å²) in [7, 11) is 1.59. The molecule has 0 fully saturated rings. The van der Waals surface area contributed by atoms with Crippen LogP contribution in [-0.2, 0) is 11.3 Å². The Morgan fingerprint density at radius 3 is 2.61 bits per heavy atom. The number of aromatic nitrogens is 1. The molecular formula is C26H23NO6. The van der Waals surface area contributed by atoms with E-state index >= 15 is 0 Å². The number of benzene rings is 3. The van der Waals surface area contributed by atoms with Gasteiger partial charge < -0.3 is 28.7 Å². The van der Waals surface area contributed by atoms with Crippen molar-refractivity contribution in [2.75, 3.05) is 20.5 Å². The van der Waals surface area contributed by atoms with Crippen molar-refractivity contribution in [2.24, 2.45) is 0 Å². The highest BCUT2D eigenvalue weighted by Gasteiger charge is 2.24. The number of H-pyrrole nitrogens is 1. The van der Waals surface area contributed by atoms with Gasteiger partial charge in [0.2, 0.25) is 6.79 Å². The number of methoxy groups -OCH3 is 1. The maximum absolute atomic E-state index is 12.8. The number of fused-ring (bicyclic) bond motifs is 2. The van der Waals surface area contributed by atoms with E-state index < -0.39 is 5.97 Å². The van der Waals surface area contributed by atoms with Gasteiger partial charge in [0, 0.05) is 17.0 Å². The summed E-state index contributed by atoms with van der Waals surface area (Å²) in [5, 5.41) is 0.806. The third-order valence-electron chi connectivity index (χ3n) is 5.46. The van der Waals surface area contributed by atoms with Crippen molar-refractivity contribution in [1.29, 1.82) is 0 Å². The van der Waals surface area contributed by atoms with Gasteiger partial charge in [-0.1, -0.05) is 36.4 Å². The molecule has 33 heavy (non-hydrogen) atoms. The van der Waals surface area contributed by atoms with Crippen molar-refractivity contribution >= 4 is 16.9 Å². The molecule has 1 aromatic heterocycles. The van der Waals surface area contributed by atoms with Crippen LogP contribution in [0.1, 0.15) is 23.0 Å². The second-order valence-electron chi connectivity index (χ2n) is 7.49. The molecule has 0 bridgehead atoms. The Bertz CT molecular complexity index is 1310. The largest absolute Gasteiger partial charge is 0.493 e. The van der Waals surface area contributed by atoms with Crippen LogP contribution in [0.15, 0.2) is 60.7 Å². The van der Waals surface area contributed by atoms with E-state index in [9.17, 15) is 4.79 Å². The van der Waals surface area contributed by atoms with Crippen LogP contribution in [0.25, 0.3) is 22.0 Å². The van der Waals surface area contributed by atoms with Gasteiger partial charge in [0.25, 0.3) is 0 Å². The van der Waals surface area contributed by atoms with E-state index in [0.717, 1.165) is 22.0 Å². The second-order valence-corrected chi connectivity index (χ2v) is 7.49. The summed E-state index contributed by atoms with van der Waals surface area (Å²) in [6.45, 7) is 2.61. The number of carbonyl (C=O) groups excluding carboxylic acids is 1. The fourth-order valence-electron chi connectivity index (χ4n) is 3.92. The van der Waals surface area contributed by atoms with E-state index in [0.29, 0.717) is 40.9 Å². The van der Waals surface area contributed by atoms with Gasteiger partial charge >= 0.3 is 5.97 Å². The van der Waals surface area contributed by atoms with E-state index in [4.69, 9.17) is 23.7 Å². The highest BCUT2D eigenvalue weighted by atomic mass is 16.7. The smallest absolute Gasteiger partial charge is 0.355 e. The van der Waals surface area contributed by atoms with Gasteiger partial charge in [0.1, 0.15) is 12.3 Å². The molecule has 4 aromatic rings. The normalized spacial score (nSPS) is 12.1. The van der Waals surface area contributed by atoms with Crippen LogP contribution in [0.2, 0.25) is 0 Å². The zero-order valence-corrected chi connectivity index (χ0v) is 18.3. The minimum absolute atomic E-state index is 0.174. The lowest BCUT2D eigenvalue weighted by molar-refractivity contribution is 0.0521. The Labute approximate surface area is 190 Å². The van der Waals surface area contributed by atoms with E-state index in [1.165, 1.54) is 0 Å². The topological polar surface area (TPSA) is 79.0 Å². The highest BCUT2D eigenvalue weighted by Crippen LogP contribution is 2.42. The van der Waals surface area contributed by atoms with Gasteiger partial charge in [0.15, 0.2) is 23.0 Å². The Morgan fingerprint density at radius 1 is 1.00 bits per heavy atom. The number of rotatable bonds is 7. The summed E-state index contributed by atoms with van der Waals surface area (Å²) in [5.74, 6) is 2.00. The van der Waals surface area contributed by atoms with E-state index in [2.05, 4.69) is 4.98 Å². The molecule has 7 heteroatoms. The Balaban J connectivity index is 1.61. The van der Waals surface area contributed by atoms with E-state index in [1.54, 1.807) is 14.0 Å². The maximum Gasteiger partial charge on any atom is 0.355 e. The van der Waals surface area contributed by atoms with Crippen LogP contribution in [0.3, 0.4) is 0 Å². The lowest BCUT2D eigenvalue weighted by Gasteiger charge is -2.12. The molecule has 5 rings (SSSR count). The summed E-state index contributed by atoms with van der Waals surface area (Å²) in [6, 6.07) is 19.2. The van der Waals surface area contributed by atoms with Crippen LogP contribution in [0.5, 0.6) is 23.0 Å². The molecule has 1 N–H and O–H groups in total. The van der Waals surface area contributed by atoms with Crippen molar-refractivity contribution in [2.45, 2.75) is 13.5 Å². The zero-order chi connectivity index (χ0) is 22.8. The first kappa shape index (κ1) is 20.8. The highest BCUT2D eigenvalue weighted by molar-refractivity contribution is 6.09. The van der Waals surface area contributed by atoms with Crippen LogP contribution in [0, 0.1) is 0 Å². The van der Waals surface area contributed by atoms with Crippen molar-refractivity contribution in [3.05, 3.63) is 71.9 Å². The predicted molar refractivity (Wildman–Crippen MR) is 123 cm³/mol. The van der Waals surface area contributed by atoms with Crippen molar-refractivity contribution in [1.82, 2.24) is 4.98 Å². The third kappa shape index (κ3) is 3.93. The molecule has 3 aromatic carbocycles. The van der Waals surface area contributed by atoms with Gasteiger partial charge in [-0.15, -0.1) is 0 Å². The van der Waals surface area contributed by atoms with Crippen molar-refractivity contribution in [3.8, 4) is 34.1 Å². The standard InChI is InChI=1S/C26H23NO6/c1-3-30-26(28)25-24(17-9-10-20-22(11-17)33-15-32-20)18-12-21(29-2)23(13-19(18)27-25)31-14-16-7-5-4-6-8-16/h4-13,27H,3,14-15H2,1-2H3. The molecule has 7 nitrogen and oxygen atoms in total. The second kappa shape index (κ2) is 8.78. The number of ether oxygens (including phenoxy) is 5. The average Bonchev–Trinajstić information content (AvgIpc) is 3.46. The van der Waals surface area contributed by atoms with E-state index in [-0.39, 0.29) is 13.4 Å². The molecule has 1 aliphatic rings. The fraction of sp³-hybridized carbons (Fsp3) is 0.192. The molecular weight excluding hydrogens is 422 g/mol. The minimum Gasteiger partial charge on any atom is -0.493 e. The van der Waals surface area contributed by atoms with Gasteiger partial charge in [0.05, 0.1) is 19.2 Å². The first-order valence-corrected chi connectivity index (χ1v) is 10.7. The SMILES string of the molecule is CCOC(=O)c1[nH]c2cc(OCc3ccccc3)c(OC)cc2c1-c1ccc2c(c1)OCO2. The Morgan fingerprint density at radius 2 is 1.82 bits per heavy atom.